The van der Waals surface area contributed by atoms with E-state index in [9.17, 15) is 0 Å². The van der Waals surface area contributed by atoms with Crippen molar-refractivity contribution in [2.75, 3.05) is 6.61 Å². The number of rotatable bonds is 4. The molecule has 0 radical (unpaired) electrons. The van der Waals surface area contributed by atoms with E-state index in [-0.39, 0.29) is 12.1 Å². The SMILES string of the molecule is CC1CCOC1C(Cc1cccc2ccccc12)NN. The Kier molecular flexibility index (Phi) is 4.01. The summed E-state index contributed by atoms with van der Waals surface area (Å²) in [4.78, 5) is 0. The molecule has 2 aromatic carbocycles. The summed E-state index contributed by atoms with van der Waals surface area (Å²) >= 11 is 0. The van der Waals surface area contributed by atoms with Crippen molar-refractivity contribution in [3.63, 3.8) is 0 Å². The summed E-state index contributed by atoms with van der Waals surface area (Å²) in [5.41, 5.74) is 4.29. The maximum absolute atomic E-state index is 5.86. The summed E-state index contributed by atoms with van der Waals surface area (Å²) in [5, 5.41) is 2.59. The van der Waals surface area contributed by atoms with Crippen molar-refractivity contribution in [3.05, 3.63) is 48.0 Å². The standard InChI is InChI=1S/C17H22N2O/c1-12-9-10-20-17(12)16(19-18)11-14-7-4-6-13-5-2-3-8-15(13)14/h2-8,12,16-17,19H,9-11,18H2,1H3. The molecule has 20 heavy (non-hydrogen) atoms. The lowest BCUT2D eigenvalue weighted by atomic mass is 9.91. The average molecular weight is 270 g/mol. The number of nitrogens with two attached hydrogens (primary N) is 1. The summed E-state index contributed by atoms with van der Waals surface area (Å²) in [6.07, 6.45) is 2.23. The van der Waals surface area contributed by atoms with Crippen molar-refractivity contribution in [3.8, 4) is 0 Å². The summed E-state index contributed by atoms with van der Waals surface area (Å²) < 4.78 is 5.86. The molecule has 3 N–H and O–H groups in total. The molecule has 3 unspecified atom stereocenters. The molecular formula is C17H22N2O. The van der Waals surface area contributed by atoms with Gasteiger partial charge in [-0.15, -0.1) is 0 Å². The Hall–Kier alpha value is -1.42. The van der Waals surface area contributed by atoms with Gasteiger partial charge in [-0.2, -0.15) is 0 Å². The summed E-state index contributed by atoms with van der Waals surface area (Å²) in [5.74, 6) is 6.34. The normalized spacial score (nSPS) is 24.1. The zero-order valence-electron chi connectivity index (χ0n) is 11.9. The fraction of sp³-hybridized carbons (Fsp3) is 0.412. The van der Waals surface area contributed by atoms with Crippen LogP contribution >= 0.6 is 0 Å². The van der Waals surface area contributed by atoms with E-state index in [0.717, 1.165) is 19.4 Å². The first-order valence-corrected chi connectivity index (χ1v) is 7.34. The Balaban J connectivity index is 1.87. The van der Waals surface area contributed by atoms with Gasteiger partial charge in [0.1, 0.15) is 0 Å². The maximum atomic E-state index is 5.86. The Bertz CT molecular complexity index is 579. The van der Waals surface area contributed by atoms with Crippen LogP contribution in [-0.4, -0.2) is 18.8 Å². The highest BCUT2D eigenvalue weighted by Crippen LogP contribution is 2.26. The van der Waals surface area contributed by atoms with Gasteiger partial charge in [-0.25, -0.2) is 0 Å². The molecule has 0 spiro atoms. The summed E-state index contributed by atoms with van der Waals surface area (Å²) in [7, 11) is 0. The molecular weight excluding hydrogens is 248 g/mol. The minimum atomic E-state index is 0.165. The van der Waals surface area contributed by atoms with Gasteiger partial charge < -0.3 is 4.74 Å². The van der Waals surface area contributed by atoms with Gasteiger partial charge in [-0.3, -0.25) is 11.3 Å². The van der Waals surface area contributed by atoms with Crippen LogP contribution in [0.3, 0.4) is 0 Å². The van der Waals surface area contributed by atoms with Gasteiger partial charge in [0, 0.05) is 6.61 Å². The molecule has 1 aliphatic rings. The van der Waals surface area contributed by atoms with Crippen molar-refractivity contribution in [1.82, 2.24) is 5.43 Å². The van der Waals surface area contributed by atoms with Gasteiger partial charge in [0.05, 0.1) is 12.1 Å². The third-order valence-electron chi connectivity index (χ3n) is 4.37. The fourth-order valence-electron chi connectivity index (χ4n) is 3.21. The van der Waals surface area contributed by atoms with Crippen LogP contribution in [0.25, 0.3) is 10.8 Å². The van der Waals surface area contributed by atoms with Crippen LogP contribution in [0.1, 0.15) is 18.9 Å². The molecule has 1 saturated heterocycles. The molecule has 3 rings (SSSR count). The lowest BCUT2D eigenvalue weighted by molar-refractivity contribution is 0.0611. The topological polar surface area (TPSA) is 47.3 Å². The number of fused-ring (bicyclic) bond motifs is 1. The zero-order chi connectivity index (χ0) is 13.9. The van der Waals surface area contributed by atoms with E-state index in [1.807, 2.05) is 0 Å². The van der Waals surface area contributed by atoms with Gasteiger partial charge in [-0.1, -0.05) is 49.4 Å². The molecule has 1 heterocycles. The Morgan fingerprint density at radius 1 is 1.25 bits per heavy atom. The Labute approximate surface area is 120 Å². The first-order chi connectivity index (χ1) is 9.79. The largest absolute Gasteiger partial charge is 0.376 e. The first-order valence-electron chi connectivity index (χ1n) is 7.34. The van der Waals surface area contributed by atoms with Crippen molar-refractivity contribution in [2.24, 2.45) is 11.8 Å². The predicted octanol–water partition coefficient (Wildman–Crippen LogP) is 2.64. The van der Waals surface area contributed by atoms with Gasteiger partial charge in [-0.05, 0) is 35.1 Å². The molecule has 0 aliphatic carbocycles. The first kappa shape index (κ1) is 13.6. The molecule has 3 heteroatoms. The van der Waals surface area contributed by atoms with Gasteiger partial charge in [0.2, 0.25) is 0 Å². The fourth-order valence-corrected chi connectivity index (χ4v) is 3.21. The smallest absolute Gasteiger partial charge is 0.0771 e. The minimum absolute atomic E-state index is 0.165. The molecule has 0 saturated carbocycles. The second-order valence-electron chi connectivity index (χ2n) is 5.72. The van der Waals surface area contributed by atoms with E-state index in [1.165, 1.54) is 16.3 Å². The van der Waals surface area contributed by atoms with Crippen LogP contribution in [0.2, 0.25) is 0 Å². The number of benzene rings is 2. The van der Waals surface area contributed by atoms with E-state index in [0.29, 0.717) is 5.92 Å². The highest BCUT2D eigenvalue weighted by molar-refractivity contribution is 5.85. The van der Waals surface area contributed by atoms with Crippen LogP contribution in [0.4, 0.5) is 0 Å². The van der Waals surface area contributed by atoms with Gasteiger partial charge in [0.25, 0.3) is 0 Å². The van der Waals surface area contributed by atoms with Crippen molar-refractivity contribution < 1.29 is 4.74 Å². The van der Waals surface area contributed by atoms with Crippen LogP contribution in [-0.2, 0) is 11.2 Å². The summed E-state index contributed by atoms with van der Waals surface area (Å²) in [6, 6.07) is 15.1. The van der Waals surface area contributed by atoms with E-state index in [1.54, 1.807) is 0 Å². The molecule has 1 aliphatic heterocycles. The number of hydrazine groups is 1. The third kappa shape index (κ3) is 2.57. The van der Waals surface area contributed by atoms with Gasteiger partial charge >= 0.3 is 0 Å². The quantitative estimate of drug-likeness (QED) is 0.663. The third-order valence-corrected chi connectivity index (χ3v) is 4.37. The Morgan fingerprint density at radius 2 is 2.05 bits per heavy atom. The molecule has 0 bridgehead atoms. The second kappa shape index (κ2) is 5.92. The van der Waals surface area contributed by atoms with Crippen molar-refractivity contribution in [2.45, 2.75) is 31.9 Å². The molecule has 106 valence electrons. The number of hydrogen-bond acceptors (Lipinski definition) is 3. The number of nitrogens with one attached hydrogen (secondary N) is 1. The van der Waals surface area contributed by atoms with Crippen molar-refractivity contribution >= 4 is 10.8 Å². The van der Waals surface area contributed by atoms with E-state index in [2.05, 4.69) is 54.8 Å². The lowest BCUT2D eigenvalue weighted by Gasteiger charge is -2.26. The maximum Gasteiger partial charge on any atom is 0.0771 e. The molecule has 1 fully saturated rings. The molecule has 0 amide bonds. The predicted molar refractivity (Wildman–Crippen MR) is 82.3 cm³/mol. The lowest BCUT2D eigenvalue weighted by Crippen LogP contribution is -2.47. The molecule has 3 atom stereocenters. The second-order valence-corrected chi connectivity index (χ2v) is 5.72. The molecule has 2 aromatic rings. The minimum Gasteiger partial charge on any atom is -0.376 e. The van der Waals surface area contributed by atoms with Crippen molar-refractivity contribution in [1.29, 1.82) is 0 Å². The molecule has 0 aromatic heterocycles. The van der Waals surface area contributed by atoms with E-state index >= 15 is 0 Å². The van der Waals surface area contributed by atoms with Crippen LogP contribution in [0.15, 0.2) is 42.5 Å². The summed E-state index contributed by atoms with van der Waals surface area (Å²) in [6.45, 7) is 3.09. The number of ether oxygens (including phenoxy) is 1. The zero-order valence-corrected chi connectivity index (χ0v) is 11.9. The van der Waals surface area contributed by atoms with Crippen LogP contribution in [0, 0.1) is 5.92 Å². The van der Waals surface area contributed by atoms with Gasteiger partial charge in [0.15, 0.2) is 0 Å². The highest BCUT2D eigenvalue weighted by atomic mass is 16.5. The molecule has 3 nitrogen and oxygen atoms in total. The van der Waals surface area contributed by atoms with Crippen LogP contribution < -0.4 is 11.3 Å². The average Bonchev–Trinajstić information content (AvgIpc) is 2.91. The highest BCUT2D eigenvalue weighted by Gasteiger charge is 2.31. The van der Waals surface area contributed by atoms with Crippen LogP contribution in [0.5, 0.6) is 0 Å². The monoisotopic (exact) mass is 270 g/mol. The van der Waals surface area contributed by atoms with E-state index < -0.39 is 0 Å². The number of hydrogen-bond donors (Lipinski definition) is 2. The van der Waals surface area contributed by atoms with E-state index in [4.69, 9.17) is 10.6 Å². The Morgan fingerprint density at radius 3 is 2.80 bits per heavy atom.